The maximum absolute atomic E-state index is 13.1. The van der Waals surface area contributed by atoms with Gasteiger partial charge < -0.3 is 10.2 Å². The number of nitrogens with zero attached hydrogens (tertiary/aromatic N) is 2. The lowest BCUT2D eigenvalue weighted by molar-refractivity contribution is -0.142. The molecule has 0 bridgehead atoms. The number of urea groups is 1. The van der Waals surface area contributed by atoms with Gasteiger partial charge in [0, 0.05) is 12.1 Å². The van der Waals surface area contributed by atoms with Crippen molar-refractivity contribution < 1.29 is 14.4 Å². The molecular formula is C23H35N3O3. The minimum absolute atomic E-state index is 0.236. The van der Waals surface area contributed by atoms with Crippen molar-refractivity contribution in [1.29, 1.82) is 0 Å². The van der Waals surface area contributed by atoms with Gasteiger partial charge in [-0.05, 0) is 39.7 Å². The van der Waals surface area contributed by atoms with Crippen LogP contribution in [0, 0.1) is 0 Å². The Bertz CT molecular complexity index is 727. The number of unbranched alkanes of at least 4 members (excludes halogenated alkanes) is 3. The number of carbonyl (C=O) groups excluding carboxylic acids is 3. The van der Waals surface area contributed by atoms with Crippen LogP contribution in [0.25, 0.3) is 0 Å². The van der Waals surface area contributed by atoms with Crippen molar-refractivity contribution >= 4 is 17.8 Å². The van der Waals surface area contributed by atoms with Crippen LogP contribution in [0.3, 0.4) is 0 Å². The van der Waals surface area contributed by atoms with E-state index in [2.05, 4.69) is 12.2 Å². The molecule has 4 amide bonds. The molecule has 1 aliphatic rings. The summed E-state index contributed by atoms with van der Waals surface area (Å²) < 4.78 is 0. The second-order valence-corrected chi connectivity index (χ2v) is 9.10. The van der Waals surface area contributed by atoms with Gasteiger partial charge in [-0.3, -0.25) is 14.5 Å². The largest absolute Gasteiger partial charge is 0.332 e. The van der Waals surface area contributed by atoms with Crippen LogP contribution < -0.4 is 5.32 Å². The molecule has 0 aromatic heterocycles. The second kappa shape index (κ2) is 9.42. The van der Waals surface area contributed by atoms with Gasteiger partial charge in [0.05, 0.1) is 0 Å². The zero-order valence-electron chi connectivity index (χ0n) is 18.5. The molecule has 1 aliphatic heterocycles. The Morgan fingerprint density at radius 1 is 1.10 bits per heavy atom. The van der Waals surface area contributed by atoms with Crippen LogP contribution in [0.5, 0.6) is 0 Å². The summed E-state index contributed by atoms with van der Waals surface area (Å²) in [4.78, 5) is 41.3. The SMILES string of the molecule is CCCCCCC1(C)NC(=O)N(CC(=O)N(Cc2ccccc2)C(C)(C)C)C1=O. The molecule has 160 valence electrons. The third kappa shape index (κ3) is 5.81. The highest BCUT2D eigenvalue weighted by Crippen LogP contribution is 2.25. The first kappa shape index (κ1) is 22.9. The van der Waals surface area contributed by atoms with E-state index in [-0.39, 0.29) is 18.4 Å². The van der Waals surface area contributed by atoms with Gasteiger partial charge in [-0.1, -0.05) is 62.9 Å². The number of benzene rings is 1. The molecule has 2 rings (SSSR count). The Hall–Kier alpha value is -2.37. The van der Waals surface area contributed by atoms with E-state index in [9.17, 15) is 14.4 Å². The first-order valence-corrected chi connectivity index (χ1v) is 10.6. The number of rotatable bonds is 9. The molecule has 1 unspecified atom stereocenters. The quantitative estimate of drug-likeness (QED) is 0.500. The first-order chi connectivity index (χ1) is 13.6. The number of amides is 4. The lowest BCUT2D eigenvalue weighted by atomic mass is 9.94. The lowest BCUT2D eigenvalue weighted by Crippen LogP contribution is -2.50. The fourth-order valence-corrected chi connectivity index (χ4v) is 3.65. The summed E-state index contributed by atoms with van der Waals surface area (Å²) in [6.07, 6.45) is 4.72. The van der Waals surface area contributed by atoms with E-state index in [1.54, 1.807) is 11.8 Å². The van der Waals surface area contributed by atoms with Crippen LogP contribution in [0.1, 0.15) is 72.3 Å². The minimum Gasteiger partial charge on any atom is -0.332 e. The molecule has 1 aromatic carbocycles. The summed E-state index contributed by atoms with van der Waals surface area (Å²) in [5.41, 5.74) is -0.346. The predicted molar refractivity (Wildman–Crippen MR) is 114 cm³/mol. The van der Waals surface area contributed by atoms with Crippen LogP contribution in [-0.2, 0) is 16.1 Å². The molecule has 1 atom stereocenters. The fourth-order valence-electron chi connectivity index (χ4n) is 3.65. The number of nitrogens with one attached hydrogen (secondary N) is 1. The number of hydrogen-bond acceptors (Lipinski definition) is 3. The number of carbonyl (C=O) groups is 3. The van der Waals surface area contributed by atoms with Gasteiger partial charge in [0.2, 0.25) is 5.91 Å². The Kier molecular flexibility index (Phi) is 7.44. The molecule has 0 aliphatic carbocycles. The van der Waals surface area contributed by atoms with Gasteiger partial charge >= 0.3 is 6.03 Å². The molecule has 6 heteroatoms. The Balaban J connectivity index is 2.08. The summed E-state index contributed by atoms with van der Waals surface area (Å²) in [5, 5.41) is 2.81. The zero-order chi connectivity index (χ0) is 21.7. The second-order valence-electron chi connectivity index (χ2n) is 9.10. The van der Waals surface area contributed by atoms with E-state index in [1.807, 2.05) is 51.1 Å². The highest BCUT2D eigenvalue weighted by molar-refractivity contribution is 6.08. The van der Waals surface area contributed by atoms with Crippen molar-refractivity contribution in [1.82, 2.24) is 15.1 Å². The summed E-state index contributed by atoms with van der Waals surface area (Å²) >= 11 is 0. The van der Waals surface area contributed by atoms with Crippen molar-refractivity contribution in [3.63, 3.8) is 0 Å². The lowest BCUT2D eigenvalue weighted by Gasteiger charge is -2.36. The van der Waals surface area contributed by atoms with Gasteiger partial charge in [-0.15, -0.1) is 0 Å². The van der Waals surface area contributed by atoms with E-state index in [4.69, 9.17) is 0 Å². The highest BCUT2D eigenvalue weighted by atomic mass is 16.2. The first-order valence-electron chi connectivity index (χ1n) is 10.6. The maximum Gasteiger partial charge on any atom is 0.325 e. The van der Waals surface area contributed by atoms with Gasteiger partial charge in [0.25, 0.3) is 5.91 Å². The molecule has 1 aromatic rings. The maximum atomic E-state index is 13.1. The van der Waals surface area contributed by atoms with Crippen LogP contribution >= 0.6 is 0 Å². The summed E-state index contributed by atoms with van der Waals surface area (Å²) in [6, 6.07) is 9.25. The van der Waals surface area contributed by atoms with Crippen LogP contribution in [-0.4, -0.2) is 45.3 Å². The molecule has 1 saturated heterocycles. The fraction of sp³-hybridized carbons (Fsp3) is 0.609. The van der Waals surface area contributed by atoms with Gasteiger partial charge in [0.1, 0.15) is 12.1 Å². The van der Waals surface area contributed by atoms with Crippen molar-refractivity contribution in [3.8, 4) is 0 Å². The Morgan fingerprint density at radius 2 is 1.76 bits per heavy atom. The van der Waals surface area contributed by atoms with Crippen molar-refractivity contribution in [2.24, 2.45) is 0 Å². The van der Waals surface area contributed by atoms with Gasteiger partial charge in [-0.2, -0.15) is 0 Å². The van der Waals surface area contributed by atoms with E-state index in [0.29, 0.717) is 13.0 Å². The van der Waals surface area contributed by atoms with Crippen molar-refractivity contribution in [3.05, 3.63) is 35.9 Å². The average molecular weight is 402 g/mol. The molecule has 0 saturated carbocycles. The van der Waals surface area contributed by atoms with Crippen molar-refractivity contribution in [2.75, 3.05) is 6.54 Å². The third-order valence-corrected chi connectivity index (χ3v) is 5.46. The molecule has 6 nitrogen and oxygen atoms in total. The molecule has 1 heterocycles. The summed E-state index contributed by atoms with van der Waals surface area (Å²) in [7, 11) is 0. The minimum atomic E-state index is -0.920. The topological polar surface area (TPSA) is 69.7 Å². The van der Waals surface area contributed by atoms with E-state index < -0.39 is 17.1 Å². The summed E-state index contributed by atoms with van der Waals surface area (Å²) in [6.45, 7) is 9.95. The molecule has 29 heavy (non-hydrogen) atoms. The van der Waals surface area contributed by atoms with Gasteiger partial charge in [-0.25, -0.2) is 4.79 Å². The number of hydrogen-bond donors (Lipinski definition) is 1. The van der Waals surface area contributed by atoms with Crippen LogP contribution in [0.4, 0.5) is 4.79 Å². The van der Waals surface area contributed by atoms with Crippen LogP contribution in [0.2, 0.25) is 0 Å². The molecule has 0 spiro atoms. The monoisotopic (exact) mass is 401 g/mol. The van der Waals surface area contributed by atoms with Crippen LogP contribution in [0.15, 0.2) is 30.3 Å². The van der Waals surface area contributed by atoms with E-state index in [0.717, 1.165) is 36.1 Å². The average Bonchev–Trinajstić information content (AvgIpc) is 2.86. The normalized spacial score (nSPS) is 19.4. The van der Waals surface area contributed by atoms with Gasteiger partial charge in [0.15, 0.2) is 0 Å². The molecular weight excluding hydrogens is 366 g/mol. The standard InChI is InChI=1S/C23H35N3O3/c1-6-7-8-12-15-23(5)20(28)25(21(29)24-23)17-19(27)26(22(2,3)4)16-18-13-10-9-11-14-18/h9-11,13-14H,6-8,12,15-17H2,1-5H3,(H,24,29). The highest BCUT2D eigenvalue weighted by Gasteiger charge is 2.48. The number of imide groups is 1. The van der Waals surface area contributed by atoms with Crippen molar-refractivity contribution in [2.45, 2.75) is 84.3 Å². The zero-order valence-corrected chi connectivity index (χ0v) is 18.5. The molecule has 1 N–H and O–H groups in total. The smallest absolute Gasteiger partial charge is 0.325 e. The summed E-state index contributed by atoms with van der Waals surface area (Å²) in [5.74, 6) is -0.541. The molecule has 0 radical (unpaired) electrons. The Labute approximate surface area is 174 Å². The third-order valence-electron chi connectivity index (χ3n) is 5.46. The molecule has 1 fully saturated rings. The van der Waals surface area contributed by atoms with E-state index >= 15 is 0 Å². The predicted octanol–water partition coefficient (Wildman–Crippen LogP) is 4.09. The van der Waals surface area contributed by atoms with E-state index in [1.165, 1.54) is 0 Å². The Morgan fingerprint density at radius 3 is 2.34 bits per heavy atom.